The third-order valence-corrected chi connectivity index (χ3v) is 6.01. The first-order valence-electron chi connectivity index (χ1n) is 11.7. The number of carbonyl (C=O) groups excluding carboxylic acids is 2. The molecule has 0 saturated heterocycles. The lowest BCUT2D eigenvalue weighted by Crippen LogP contribution is -2.36. The molecule has 7 nitrogen and oxygen atoms in total. The van der Waals surface area contributed by atoms with Crippen molar-refractivity contribution in [2.75, 3.05) is 11.9 Å². The van der Waals surface area contributed by atoms with E-state index in [0.29, 0.717) is 18.5 Å². The monoisotopic (exact) mass is 499 g/mol. The summed E-state index contributed by atoms with van der Waals surface area (Å²) in [5.41, 5.74) is 2.70. The van der Waals surface area contributed by atoms with Crippen LogP contribution in [-0.4, -0.2) is 40.3 Å². The Morgan fingerprint density at radius 2 is 1.94 bits per heavy atom. The van der Waals surface area contributed by atoms with Crippen molar-refractivity contribution < 1.29 is 22.8 Å². The van der Waals surface area contributed by atoms with E-state index in [2.05, 4.69) is 27.8 Å². The van der Waals surface area contributed by atoms with Crippen LogP contribution in [0, 0.1) is 11.8 Å². The van der Waals surface area contributed by atoms with Crippen molar-refractivity contribution in [2.24, 2.45) is 11.8 Å². The Kier molecular flexibility index (Phi) is 7.32. The highest BCUT2D eigenvalue weighted by Crippen LogP contribution is 2.34. The molecule has 0 radical (unpaired) electrons. The highest BCUT2D eigenvalue weighted by Gasteiger charge is 2.28. The van der Waals surface area contributed by atoms with E-state index in [0.717, 1.165) is 22.7 Å². The van der Waals surface area contributed by atoms with Gasteiger partial charge < -0.3 is 20.5 Å². The van der Waals surface area contributed by atoms with Gasteiger partial charge in [0, 0.05) is 35.5 Å². The van der Waals surface area contributed by atoms with Gasteiger partial charge in [-0.1, -0.05) is 36.4 Å². The number of urea groups is 1. The first-order chi connectivity index (χ1) is 17.1. The van der Waals surface area contributed by atoms with Gasteiger partial charge in [-0.15, -0.1) is 0 Å². The van der Waals surface area contributed by atoms with Crippen molar-refractivity contribution in [1.29, 1.82) is 0 Å². The third kappa shape index (κ3) is 6.24. The zero-order chi connectivity index (χ0) is 25.9. The number of carbonyl (C=O) groups is 2. The minimum Gasteiger partial charge on any atom is -0.350 e. The van der Waals surface area contributed by atoms with Gasteiger partial charge in [-0.3, -0.25) is 4.79 Å². The van der Waals surface area contributed by atoms with E-state index in [-0.39, 0.29) is 23.8 Å². The largest absolute Gasteiger partial charge is 0.405 e. The molecule has 2 heterocycles. The van der Waals surface area contributed by atoms with Crippen LogP contribution in [-0.2, 0) is 11.2 Å². The highest BCUT2D eigenvalue weighted by atomic mass is 19.4. The molecule has 1 aliphatic heterocycles. The molecular formula is C26H28F3N5O2. The SMILES string of the molecule is CC(C)NC(=O)C1=CC=CC(C2C=Cn3c(-c4cccc(NC(=O)NCC(F)(F)F)c4)cnc3C2)C1. The van der Waals surface area contributed by atoms with Gasteiger partial charge >= 0.3 is 12.2 Å². The van der Waals surface area contributed by atoms with Gasteiger partial charge in [0.05, 0.1) is 11.9 Å². The van der Waals surface area contributed by atoms with Crippen LogP contribution >= 0.6 is 0 Å². The van der Waals surface area contributed by atoms with Gasteiger partial charge in [0.2, 0.25) is 5.91 Å². The minimum atomic E-state index is -4.48. The van der Waals surface area contributed by atoms with E-state index in [1.807, 2.05) is 42.8 Å². The van der Waals surface area contributed by atoms with Crippen molar-refractivity contribution in [2.45, 2.75) is 38.9 Å². The van der Waals surface area contributed by atoms with E-state index in [9.17, 15) is 22.8 Å². The molecule has 1 aromatic heterocycles. The zero-order valence-electron chi connectivity index (χ0n) is 20.0. The number of benzene rings is 1. The molecule has 2 unspecified atom stereocenters. The minimum absolute atomic E-state index is 0.0384. The van der Waals surface area contributed by atoms with Gasteiger partial charge in [-0.25, -0.2) is 9.78 Å². The van der Waals surface area contributed by atoms with Crippen molar-refractivity contribution in [3.63, 3.8) is 0 Å². The number of halogens is 3. The summed E-state index contributed by atoms with van der Waals surface area (Å²) in [6, 6.07) is 5.99. The van der Waals surface area contributed by atoms with Gasteiger partial charge in [-0.2, -0.15) is 13.2 Å². The molecule has 3 N–H and O–H groups in total. The number of allylic oxidation sites excluding steroid dienone is 4. The van der Waals surface area contributed by atoms with Crippen LogP contribution in [0.5, 0.6) is 0 Å². The lowest BCUT2D eigenvalue weighted by molar-refractivity contribution is -0.122. The van der Waals surface area contributed by atoms with Gasteiger partial charge in [0.1, 0.15) is 12.4 Å². The van der Waals surface area contributed by atoms with Crippen LogP contribution in [0.3, 0.4) is 0 Å². The third-order valence-electron chi connectivity index (χ3n) is 6.01. The molecule has 1 aromatic carbocycles. The predicted molar refractivity (Wildman–Crippen MR) is 132 cm³/mol. The zero-order valence-corrected chi connectivity index (χ0v) is 20.0. The summed E-state index contributed by atoms with van der Waals surface area (Å²) in [4.78, 5) is 28.8. The van der Waals surface area contributed by atoms with Crippen LogP contribution in [0.2, 0.25) is 0 Å². The summed E-state index contributed by atoms with van der Waals surface area (Å²) < 4.78 is 39.0. The second-order valence-corrected chi connectivity index (χ2v) is 9.22. The van der Waals surface area contributed by atoms with Crippen LogP contribution in [0.1, 0.15) is 26.1 Å². The molecule has 10 heteroatoms. The molecule has 4 rings (SSSR count). The molecule has 0 saturated carbocycles. The number of alkyl halides is 3. The number of nitrogens with zero attached hydrogens (tertiary/aromatic N) is 2. The number of nitrogens with one attached hydrogen (secondary N) is 3. The Balaban J connectivity index is 1.43. The standard InChI is InChI=1S/C26H28F3N5O2/c1-16(2)32-24(35)20-7-3-5-17(11-20)18-9-10-34-22(14-30-23(34)13-18)19-6-4-8-21(12-19)33-25(36)31-15-26(27,28)29/h3-10,12,14,16-18H,11,13,15H2,1-2H3,(H,32,35)(H2,31,33,36). The van der Waals surface area contributed by atoms with Crippen molar-refractivity contribution in [1.82, 2.24) is 20.2 Å². The Morgan fingerprint density at radius 1 is 1.17 bits per heavy atom. The quantitative estimate of drug-likeness (QED) is 0.528. The van der Waals surface area contributed by atoms with Crippen LogP contribution in [0.25, 0.3) is 17.5 Å². The smallest absolute Gasteiger partial charge is 0.350 e. The maximum absolute atomic E-state index is 12.4. The second-order valence-electron chi connectivity index (χ2n) is 9.22. The van der Waals surface area contributed by atoms with Crippen molar-refractivity contribution >= 4 is 23.8 Å². The topological polar surface area (TPSA) is 88.0 Å². The number of hydrogen-bond donors (Lipinski definition) is 3. The molecule has 2 atom stereocenters. The van der Waals surface area contributed by atoms with Crippen LogP contribution < -0.4 is 16.0 Å². The molecule has 36 heavy (non-hydrogen) atoms. The number of amides is 3. The second kappa shape index (κ2) is 10.4. The molecule has 0 spiro atoms. The number of fused-ring (bicyclic) bond motifs is 1. The summed E-state index contributed by atoms with van der Waals surface area (Å²) in [7, 11) is 0. The normalized spacial score (nSPS) is 19.0. The summed E-state index contributed by atoms with van der Waals surface area (Å²) in [6.07, 6.45) is 8.61. The summed E-state index contributed by atoms with van der Waals surface area (Å²) >= 11 is 0. The van der Waals surface area contributed by atoms with Crippen LogP contribution in [0.15, 0.2) is 60.3 Å². The number of rotatable bonds is 6. The van der Waals surface area contributed by atoms with Gasteiger partial charge in [0.15, 0.2) is 0 Å². The number of anilines is 1. The lowest BCUT2D eigenvalue weighted by atomic mass is 9.81. The van der Waals surface area contributed by atoms with E-state index < -0.39 is 18.8 Å². The van der Waals surface area contributed by atoms with E-state index >= 15 is 0 Å². The van der Waals surface area contributed by atoms with Gasteiger partial charge in [-0.05, 0) is 44.2 Å². The van der Waals surface area contributed by atoms with E-state index in [4.69, 9.17) is 0 Å². The predicted octanol–water partition coefficient (Wildman–Crippen LogP) is 4.90. The molecule has 2 aromatic rings. The molecular weight excluding hydrogens is 471 g/mol. The molecule has 190 valence electrons. The van der Waals surface area contributed by atoms with E-state index in [1.54, 1.807) is 29.7 Å². The maximum Gasteiger partial charge on any atom is 0.405 e. The summed E-state index contributed by atoms with van der Waals surface area (Å²) in [5, 5.41) is 7.17. The molecule has 0 bridgehead atoms. The lowest BCUT2D eigenvalue weighted by Gasteiger charge is -2.27. The number of aromatic nitrogens is 2. The summed E-state index contributed by atoms with van der Waals surface area (Å²) in [6.45, 7) is 2.46. The molecule has 1 aliphatic carbocycles. The van der Waals surface area contributed by atoms with Gasteiger partial charge in [0.25, 0.3) is 0 Å². The fraction of sp³-hybridized carbons (Fsp3) is 0.346. The fourth-order valence-electron chi connectivity index (χ4n) is 4.33. The average Bonchev–Trinajstić information content (AvgIpc) is 3.25. The first-order valence-corrected chi connectivity index (χ1v) is 11.7. The number of hydrogen-bond acceptors (Lipinski definition) is 3. The van der Waals surface area contributed by atoms with Crippen molar-refractivity contribution in [3.05, 3.63) is 66.2 Å². The molecule has 2 aliphatic rings. The Hall–Kier alpha value is -3.82. The highest BCUT2D eigenvalue weighted by molar-refractivity contribution is 5.94. The van der Waals surface area contributed by atoms with Crippen molar-refractivity contribution in [3.8, 4) is 11.3 Å². The Morgan fingerprint density at radius 3 is 2.69 bits per heavy atom. The fourth-order valence-corrected chi connectivity index (χ4v) is 4.33. The number of imidazole rings is 1. The average molecular weight is 500 g/mol. The summed E-state index contributed by atoms with van der Waals surface area (Å²) in [5.74, 6) is 1.19. The Labute approximate surface area is 207 Å². The maximum atomic E-state index is 12.4. The van der Waals surface area contributed by atoms with Crippen LogP contribution in [0.4, 0.5) is 23.7 Å². The molecule has 3 amide bonds. The van der Waals surface area contributed by atoms with E-state index in [1.165, 1.54) is 0 Å². The molecule has 0 fully saturated rings. The Bertz CT molecular complexity index is 1230. The first kappa shape index (κ1) is 25.3.